The van der Waals surface area contributed by atoms with Gasteiger partial charge in [-0.25, -0.2) is 23.3 Å². The molecule has 570 valence electrons. The molecule has 0 spiro atoms. The number of methoxy groups -OCH3 is 1. The van der Waals surface area contributed by atoms with Crippen LogP contribution in [0.5, 0.6) is 5.75 Å². The van der Waals surface area contributed by atoms with Crippen LogP contribution < -0.4 is 25.8 Å². The van der Waals surface area contributed by atoms with Crippen LogP contribution in [0.3, 0.4) is 0 Å². The third-order valence-electron chi connectivity index (χ3n) is 19.3. The lowest BCUT2D eigenvalue weighted by atomic mass is 9.79. The van der Waals surface area contributed by atoms with E-state index >= 15 is 0 Å². The maximum Gasteiger partial charge on any atom is 0.294 e. The van der Waals surface area contributed by atoms with E-state index in [9.17, 15) is 50.2 Å². The zero-order valence-electron chi connectivity index (χ0n) is 61.9. The van der Waals surface area contributed by atoms with E-state index in [0.29, 0.717) is 43.7 Å². The van der Waals surface area contributed by atoms with E-state index in [4.69, 9.17) is 18.9 Å². The molecule has 2 aromatic heterocycles. The summed E-state index contributed by atoms with van der Waals surface area (Å²) >= 11 is 0. The largest absolute Gasteiger partial charge is 0.497 e. The molecule has 2 unspecified atom stereocenters. The van der Waals surface area contributed by atoms with Crippen LogP contribution in [-0.4, -0.2) is 180 Å². The van der Waals surface area contributed by atoms with E-state index in [0.717, 1.165) is 51.4 Å². The SMILES string of the molecule is CCN1\C(=C/C=C/C=C/C2=[N+](CCCCCC(=O)CCCC(NC(=O)Cn3cc(CCCF)nn3)C(=O)NCCOCCOCCOCCn3cc(CN(C(C(=O)NO)C(C)C)S(=O)(=O)c4ccc(OC)cc4)nn3)c3ccc4ccc(S(=O)(=O)O)cc4c3C2(C)C)C(C)(C)c2c1ccc1c(C)cccc21. The molecule has 0 saturated heterocycles. The van der Waals surface area contributed by atoms with Gasteiger partial charge in [-0.05, 0) is 159 Å². The summed E-state index contributed by atoms with van der Waals surface area (Å²) in [6.07, 6.45) is 17.3. The van der Waals surface area contributed by atoms with Gasteiger partial charge in [-0.1, -0.05) is 86.7 Å². The van der Waals surface area contributed by atoms with E-state index in [1.165, 1.54) is 80.1 Å². The van der Waals surface area contributed by atoms with E-state index in [2.05, 4.69) is 137 Å². The number of rotatable bonds is 42. The fourth-order valence-electron chi connectivity index (χ4n) is 14.1. The zero-order valence-corrected chi connectivity index (χ0v) is 63.6. The molecule has 3 amide bonds. The lowest BCUT2D eigenvalue weighted by Gasteiger charge is -2.31. The van der Waals surface area contributed by atoms with Crippen molar-refractivity contribution in [2.24, 2.45) is 5.92 Å². The first-order valence-corrected chi connectivity index (χ1v) is 38.9. The van der Waals surface area contributed by atoms with Gasteiger partial charge in [0, 0.05) is 79.3 Å². The van der Waals surface area contributed by atoms with E-state index in [-0.39, 0.29) is 112 Å². The number of aromatic nitrogens is 6. The fraction of sp³-hybridized carbons (Fsp3) is 0.468. The number of nitrogens with one attached hydrogen (secondary N) is 3. The Balaban J connectivity index is 0.738. The number of halogens is 1. The van der Waals surface area contributed by atoms with Crippen molar-refractivity contribution in [3.05, 3.63) is 161 Å². The van der Waals surface area contributed by atoms with Crippen molar-refractivity contribution in [1.29, 1.82) is 0 Å². The van der Waals surface area contributed by atoms with Gasteiger partial charge < -0.3 is 34.5 Å². The standard InChI is InChI=1S/C77H99FN12O14S2/c1-10-88-66-37-35-62-54(4)20-17-24-63(62)71(66)76(5,6)68(88)26-14-11-15-27-69-77(7,8)72-64-48-61(106(98,99)100)32-28-55(64)29-36-67(72)89(69)40-16-12-13-22-58(91)23-18-25-65(80-70(92)52-87-49-56(81-85-87)21-19-38-78)74(93)79-39-42-102-44-46-104-47-45-103-43-41-86-50-57(82-84-86)51-90(73(53(2)3)75(94)83-95)105(96,97)60-33-30-59(101-9)31-34-60/h11,14-15,17,20,24,26-37,48-50,53,65,73H,10,12-13,16,18-19,21-23,25,38-47,51-52H2,1-9H3,(H4-,79,80,81,82,83,84,85,92,93,94,95,98,99,100)/p+1. The van der Waals surface area contributed by atoms with Gasteiger partial charge in [-0.3, -0.25) is 33.3 Å². The highest BCUT2D eigenvalue weighted by atomic mass is 32.2. The lowest BCUT2D eigenvalue weighted by Crippen LogP contribution is -2.51. The smallest absolute Gasteiger partial charge is 0.294 e. The maximum absolute atomic E-state index is 13.9. The number of carbonyl (C=O) groups excluding carboxylic acids is 4. The molecule has 5 aromatic carbocycles. The number of aryl methyl sites for hydroxylation is 2. The van der Waals surface area contributed by atoms with Crippen molar-refractivity contribution >= 4 is 82.3 Å². The molecule has 2 aliphatic heterocycles. The molecule has 4 heterocycles. The molecule has 0 bridgehead atoms. The summed E-state index contributed by atoms with van der Waals surface area (Å²) in [6, 6.07) is 23.1. The average molecular weight is 1500 g/mol. The Hall–Kier alpha value is -8.94. The van der Waals surface area contributed by atoms with Gasteiger partial charge >= 0.3 is 0 Å². The second kappa shape index (κ2) is 37.1. The maximum atomic E-state index is 13.9. The van der Waals surface area contributed by atoms with Crippen LogP contribution in [0.1, 0.15) is 128 Å². The van der Waals surface area contributed by atoms with Gasteiger partial charge in [0.05, 0.1) is 93.1 Å². The Morgan fingerprint density at radius 2 is 1.42 bits per heavy atom. The first kappa shape index (κ1) is 81.1. The molecular weight excluding hydrogens is 1400 g/mol. The highest BCUT2D eigenvalue weighted by molar-refractivity contribution is 7.89. The number of carbonyl (C=O) groups is 4. The number of likely N-dealkylation sites (N-methyl/N-ethyl adjacent to an activating group) is 1. The van der Waals surface area contributed by atoms with Crippen molar-refractivity contribution in [3.8, 4) is 5.75 Å². The number of Topliss-reactive ketones (excluding diaryl/α,β-unsaturated/α-hetero) is 1. The van der Waals surface area contributed by atoms with Crippen LogP contribution in [0.2, 0.25) is 0 Å². The number of nitrogens with zero attached hydrogens (tertiary/aromatic N) is 9. The second-order valence-electron chi connectivity index (χ2n) is 27.8. The molecule has 0 saturated carbocycles. The number of amides is 3. The molecule has 5 N–H and O–H groups in total. The predicted octanol–water partition coefficient (Wildman–Crippen LogP) is 9.90. The average Bonchev–Trinajstić information content (AvgIpc) is 1.58. The summed E-state index contributed by atoms with van der Waals surface area (Å²) in [6.45, 7) is 18.5. The van der Waals surface area contributed by atoms with Gasteiger partial charge in [0.25, 0.3) is 16.0 Å². The number of sulfonamides is 1. The number of anilines is 1. The Morgan fingerprint density at radius 1 is 0.736 bits per heavy atom. The van der Waals surface area contributed by atoms with Crippen LogP contribution in [0, 0.1) is 12.8 Å². The number of ether oxygens (including phenoxy) is 4. The minimum Gasteiger partial charge on any atom is -0.497 e. The Kier molecular flexibility index (Phi) is 28.4. The highest BCUT2D eigenvalue weighted by Crippen LogP contribution is 2.51. The Morgan fingerprint density at radius 3 is 2.13 bits per heavy atom. The number of benzene rings is 5. The first-order chi connectivity index (χ1) is 50.7. The molecule has 7 aromatic rings. The Bertz CT molecular complexity index is 4610. The fourth-order valence-corrected chi connectivity index (χ4v) is 16.3. The van der Waals surface area contributed by atoms with E-state index < -0.39 is 68.0 Å². The molecule has 0 fully saturated rings. The zero-order chi connectivity index (χ0) is 76.3. The number of allylic oxidation sites excluding steroid dienone is 6. The number of ketones is 1. The second-order valence-corrected chi connectivity index (χ2v) is 31.1. The van der Waals surface area contributed by atoms with Crippen LogP contribution in [-0.2, 0) is 90.4 Å². The summed E-state index contributed by atoms with van der Waals surface area (Å²) in [5.41, 5.74) is 9.39. The molecule has 2 atom stereocenters. The topological polar surface area (TPSA) is 321 Å². The molecule has 106 heavy (non-hydrogen) atoms. The number of hydroxylamine groups is 1. The Labute approximate surface area is 619 Å². The third-order valence-corrected chi connectivity index (χ3v) is 22.0. The molecular formula is C77H100FN12O14S2+. The minimum absolute atomic E-state index is 0.0245. The van der Waals surface area contributed by atoms with Gasteiger partial charge in [-0.2, -0.15) is 17.3 Å². The summed E-state index contributed by atoms with van der Waals surface area (Å²) in [5, 5.41) is 35.5. The minimum atomic E-state index is -4.49. The van der Waals surface area contributed by atoms with Gasteiger partial charge in [0.2, 0.25) is 27.5 Å². The van der Waals surface area contributed by atoms with Crippen molar-refractivity contribution < 1.29 is 73.7 Å². The predicted molar refractivity (Wildman–Crippen MR) is 401 cm³/mol. The van der Waals surface area contributed by atoms with E-state index in [1.807, 2.05) is 18.2 Å². The van der Waals surface area contributed by atoms with Crippen LogP contribution in [0.25, 0.3) is 21.5 Å². The summed E-state index contributed by atoms with van der Waals surface area (Å²) in [5.74, 6) is -1.94. The number of hydrogen-bond donors (Lipinski definition) is 5. The van der Waals surface area contributed by atoms with Gasteiger partial charge in [0.1, 0.15) is 36.7 Å². The molecule has 9 rings (SSSR count). The van der Waals surface area contributed by atoms with E-state index in [1.54, 1.807) is 43.9 Å². The van der Waals surface area contributed by atoms with Crippen LogP contribution >= 0.6 is 0 Å². The van der Waals surface area contributed by atoms with Crippen LogP contribution in [0.15, 0.2) is 143 Å². The van der Waals surface area contributed by atoms with Crippen molar-refractivity contribution in [2.75, 3.05) is 78.0 Å². The molecule has 0 aliphatic carbocycles. The number of fused-ring (bicyclic) bond motifs is 6. The van der Waals surface area contributed by atoms with Crippen molar-refractivity contribution in [1.82, 2.24) is 50.4 Å². The summed E-state index contributed by atoms with van der Waals surface area (Å²) in [7, 11) is -7.32. The summed E-state index contributed by atoms with van der Waals surface area (Å²) in [4.78, 5) is 55.5. The molecule has 0 radical (unpaired) electrons. The number of hydrogen-bond acceptors (Lipinski definition) is 18. The first-order valence-electron chi connectivity index (χ1n) is 36.0. The van der Waals surface area contributed by atoms with Crippen LogP contribution in [0.4, 0.5) is 15.8 Å². The monoisotopic (exact) mass is 1500 g/mol. The quantitative estimate of drug-likeness (QED) is 0.00593. The lowest BCUT2D eigenvalue weighted by molar-refractivity contribution is -0.438. The van der Waals surface area contributed by atoms with Gasteiger partial charge in [0.15, 0.2) is 5.71 Å². The van der Waals surface area contributed by atoms with Crippen molar-refractivity contribution in [2.45, 2.75) is 166 Å². The third kappa shape index (κ3) is 20.0. The molecule has 2 aliphatic rings. The molecule has 26 nitrogen and oxygen atoms in total. The molecule has 29 heteroatoms. The number of alkyl halides is 1. The van der Waals surface area contributed by atoms with Crippen molar-refractivity contribution in [3.63, 3.8) is 0 Å². The normalized spacial score (nSPS) is 15.2. The highest BCUT2D eigenvalue weighted by Gasteiger charge is 2.46. The summed E-state index contributed by atoms with van der Waals surface area (Å²) < 4.78 is 104. The number of unbranched alkanes of at least 4 members (excludes halogenated alkanes) is 2. The van der Waals surface area contributed by atoms with Gasteiger partial charge in [-0.15, -0.1) is 10.2 Å².